The van der Waals surface area contributed by atoms with Crippen molar-refractivity contribution < 1.29 is 17.6 Å². The summed E-state index contributed by atoms with van der Waals surface area (Å²) in [5.41, 5.74) is 2.00. The van der Waals surface area contributed by atoms with Crippen molar-refractivity contribution in [2.45, 2.75) is 18.7 Å². The average Bonchev–Trinajstić information content (AvgIpc) is 2.86. The van der Waals surface area contributed by atoms with Crippen molar-refractivity contribution in [1.29, 1.82) is 0 Å². The van der Waals surface area contributed by atoms with E-state index in [0.717, 1.165) is 11.8 Å². The van der Waals surface area contributed by atoms with E-state index in [1.807, 2.05) is 6.92 Å². The topological polar surface area (TPSA) is 75.5 Å². The van der Waals surface area contributed by atoms with Crippen molar-refractivity contribution in [3.63, 3.8) is 0 Å². The van der Waals surface area contributed by atoms with Gasteiger partial charge in [-0.25, -0.2) is 12.8 Å². The Morgan fingerprint density at radius 3 is 2.35 bits per heavy atom. The molecular weight excluding hydrogens is 359 g/mol. The highest BCUT2D eigenvalue weighted by Gasteiger charge is 2.32. The summed E-state index contributed by atoms with van der Waals surface area (Å²) >= 11 is 0. The van der Waals surface area contributed by atoms with Gasteiger partial charge in [0.05, 0.1) is 16.2 Å². The molecule has 1 amide bonds. The maximum atomic E-state index is 13.4. The van der Waals surface area contributed by atoms with E-state index in [1.165, 1.54) is 22.5 Å². The highest BCUT2D eigenvalue weighted by molar-refractivity contribution is 7.89. The fraction of sp³-hybridized carbons (Fsp3) is 0.412. The van der Waals surface area contributed by atoms with Gasteiger partial charge in [-0.05, 0) is 32.0 Å². The third-order valence-corrected chi connectivity index (χ3v) is 6.58. The van der Waals surface area contributed by atoms with Crippen molar-refractivity contribution in [1.82, 2.24) is 19.0 Å². The second kappa shape index (κ2) is 6.81. The summed E-state index contributed by atoms with van der Waals surface area (Å²) in [5.74, 6) is -0.738. The fourth-order valence-corrected chi connectivity index (χ4v) is 4.60. The summed E-state index contributed by atoms with van der Waals surface area (Å²) < 4.78 is 41.6. The molecule has 0 atom stereocenters. The number of piperazine rings is 1. The lowest BCUT2D eigenvalue weighted by molar-refractivity contribution is 0.0696. The van der Waals surface area contributed by atoms with Gasteiger partial charge in [0.2, 0.25) is 10.0 Å². The summed E-state index contributed by atoms with van der Waals surface area (Å²) in [5, 5.41) is 4.26. The molecule has 2 aromatic rings. The van der Waals surface area contributed by atoms with Crippen LogP contribution in [0.1, 0.15) is 21.7 Å². The van der Waals surface area contributed by atoms with Gasteiger partial charge in [-0.2, -0.15) is 9.40 Å². The largest absolute Gasteiger partial charge is 0.336 e. The molecular formula is C17H21FN4O3S. The van der Waals surface area contributed by atoms with Crippen LogP contribution in [0.3, 0.4) is 0 Å². The standard InChI is InChI=1S/C17H21FN4O3S/c1-12-16(13(2)20(3)19-12)17(23)21-7-9-22(10-8-21)26(24,25)15-6-4-5-14(18)11-15/h4-6,11H,7-10H2,1-3H3. The van der Waals surface area contributed by atoms with E-state index >= 15 is 0 Å². The summed E-state index contributed by atoms with van der Waals surface area (Å²) in [4.78, 5) is 14.3. The van der Waals surface area contributed by atoms with Crippen LogP contribution in [0, 0.1) is 19.7 Å². The van der Waals surface area contributed by atoms with Crippen molar-refractivity contribution >= 4 is 15.9 Å². The molecule has 2 heterocycles. The number of carbonyl (C=O) groups excluding carboxylic acids is 1. The van der Waals surface area contributed by atoms with Gasteiger partial charge in [-0.15, -0.1) is 0 Å². The third kappa shape index (κ3) is 3.24. The van der Waals surface area contributed by atoms with Crippen molar-refractivity contribution in [3.8, 4) is 0 Å². The monoisotopic (exact) mass is 380 g/mol. The van der Waals surface area contributed by atoms with Crippen LogP contribution in [-0.4, -0.2) is 59.5 Å². The van der Waals surface area contributed by atoms with E-state index in [4.69, 9.17) is 0 Å². The lowest BCUT2D eigenvalue weighted by Gasteiger charge is -2.34. The second-order valence-corrected chi connectivity index (χ2v) is 8.26. The number of aromatic nitrogens is 2. The quantitative estimate of drug-likeness (QED) is 0.805. The minimum absolute atomic E-state index is 0.0729. The van der Waals surface area contributed by atoms with Gasteiger partial charge in [-0.1, -0.05) is 6.07 Å². The highest BCUT2D eigenvalue weighted by atomic mass is 32.2. The molecule has 0 unspecified atom stereocenters. The molecule has 0 saturated carbocycles. The SMILES string of the molecule is Cc1nn(C)c(C)c1C(=O)N1CCN(S(=O)(=O)c2cccc(F)c2)CC1. The molecule has 0 radical (unpaired) electrons. The van der Waals surface area contributed by atoms with Gasteiger partial charge < -0.3 is 4.90 Å². The first-order chi connectivity index (χ1) is 12.2. The molecule has 140 valence electrons. The number of hydrogen-bond donors (Lipinski definition) is 0. The van der Waals surface area contributed by atoms with E-state index in [0.29, 0.717) is 11.3 Å². The second-order valence-electron chi connectivity index (χ2n) is 6.32. The number of benzene rings is 1. The Labute approximate surface area is 152 Å². The van der Waals surface area contributed by atoms with Crippen LogP contribution < -0.4 is 0 Å². The van der Waals surface area contributed by atoms with E-state index in [-0.39, 0.29) is 37.0 Å². The molecule has 0 bridgehead atoms. The predicted octanol–water partition coefficient (Wildman–Crippen LogP) is 1.32. The zero-order chi connectivity index (χ0) is 19.1. The van der Waals surface area contributed by atoms with Crippen LogP contribution in [0.4, 0.5) is 4.39 Å². The first kappa shape index (κ1) is 18.5. The van der Waals surface area contributed by atoms with Crippen LogP contribution >= 0.6 is 0 Å². The Bertz CT molecular complexity index is 947. The Morgan fingerprint density at radius 1 is 1.15 bits per heavy atom. The summed E-state index contributed by atoms with van der Waals surface area (Å²) in [7, 11) is -1.99. The molecule has 1 saturated heterocycles. The number of rotatable bonds is 3. The third-order valence-electron chi connectivity index (χ3n) is 4.68. The smallest absolute Gasteiger partial charge is 0.257 e. The maximum absolute atomic E-state index is 13.4. The highest BCUT2D eigenvalue weighted by Crippen LogP contribution is 2.20. The number of amides is 1. The number of hydrogen-bond acceptors (Lipinski definition) is 4. The first-order valence-corrected chi connectivity index (χ1v) is 9.71. The van der Waals surface area contributed by atoms with E-state index < -0.39 is 15.8 Å². The Kier molecular flexibility index (Phi) is 4.85. The minimum Gasteiger partial charge on any atom is -0.336 e. The lowest BCUT2D eigenvalue weighted by atomic mass is 10.1. The zero-order valence-electron chi connectivity index (χ0n) is 14.9. The van der Waals surface area contributed by atoms with Crippen LogP contribution in [0.15, 0.2) is 29.2 Å². The molecule has 0 spiro atoms. The number of sulfonamides is 1. The van der Waals surface area contributed by atoms with Gasteiger partial charge in [0, 0.05) is 38.9 Å². The lowest BCUT2D eigenvalue weighted by Crippen LogP contribution is -2.50. The van der Waals surface area contributed by atoms with Gasteiger partial charge in [0.1, 0.15) is 5.82 Å². The first-order valence-electron chi connectivity index (χ1n) is 8.27. The van der Waals surface area contributed by atoms with Crippen molar-refractivity contribution in [3.05, 3.63) is 47.0 Å². The normalized spacial score (nSPS) is 16.1. The number of carbonyl (C=O) groups is 1. The van der Waals surface area contributed by atoms with Gasteiger partial charge >= 0.3 is 0 Å². The fourth-order valence-electron chi connectivity index (χ4n) is 3.15. The maximum Gasteiger partial charge on any atom is 0.257 e. The number of halogens is 1. The van der Waals surface area contributed by atoms with E-state index in [1.54, 1.807) is 23.6 Å². The molecule has 1 aliphatic heterocycles. The number of aryl methyl sites for hydroxylation is 2. The molecule has 1 fully saturated rings. The van der Waals surface area contributed by atoms with Crippen LogP contribution in [-0.2, 0) is 17.1 Å². The molecule has 7 nitrogen and oxygen atoms in total. The average molecular weight is 380 g/mol. The molecule has 1 aliphatic rings. The molecule has 1 aromatic heterocycles. The minimum atomic E-state index is -3.77. The van der Waals surface area contributed by atoms with E-state index in [2.05, 4.69) is 5.10 Å². The molecule has 9 heteroatoms. The van der Waals surface area contributed by atoms with Gasteiger partial charge in [0.15, 0.2) is 0 Å². The molecule has 0 aliphatic carbocycles. The molecule has 1 aromatic carbocycles. The van der Waals surface area contributed by atoms with Crippen LogP contribution in [0.2, 0.25) is 0 Å². The van der Waals surface area contributed by atoms with E-state index in [9.17, 15) is 17.6 Å². The number of nitrogens with zero attached hydrogens (tertiary/aromatic N) is 4. The molecule has 26 heavy (non-hydrogen) atoms. The summed E-state index contributed by atoms with van der Waals surface area (Å²) in [6.07, 6.45) is 0. The summed E-state index contributed by atoms with van der Waals surface area (Å²) in [6.45, 7) is 4.51. The predicted molar refractivity (Wildman–Crippen MR) is 93.7 cm³/mol. The van der Waals surface area contributed by atoms with Crippen LogP contribution in [0.25, 0.3) is 0 Å². The Balaban J connectivity index is 1.74. The summed E-state index contributed by atoms with van der Waals surface area (Å²) in [6, 6.07) is 4.96. The Morgan fingerprint density at radius 2 is 1.81 bits per heavy atom. The van der Waals surface area contributed by atoms with Crippen molar-refractivity contribution in [2.75, 3.05) is 26.2 Å². The van der Waals surface area contributed by atoms with Gasteiger partial charge in [0.25, 0.3) is 5.91 Å². The van der Waals surface area contributed by atoms with Crippen molar-refractivity contribution in [2.24, 2.45) is 7.05 Å². The molecule has 0 N–H and O–H groups in total. The van der Waals surface area contributed by atoms with Crippen LogP contribution in [0.5, 0.6) is 0 Å². The Hall–Kier alpha value is -2.26. The zero-order valence-corrected chi connectivity index (χ0v) is 15.8. The van der Waals surface area contributed by atoms with Gasteiger partial charge in [-0.3, -0.25) is 9.48 Å². The molecule has 3 rings (SSSR count).